The molecule has 0 aromatic heterocycles. The normalized spacial score (nSPS) is 11.3. The predicted molar refractivity (Wildman–Crippen MR) is 141 cm³/mol. The van der Waals surface area contributed by atoms with Crippen molar-refractivity contribution in [1.82, 2.24) is 10.2 Å². The molecular formula is C29H34N2O6. The molecule has 3 rings (SSSR count). The van der Waals surface area contributed by atoms with Crippen LogP contribution in [0.25, 0.3) is 0 Å². The van der Waals surface area contributed by atoms with Crippen molar-refractivity contribution in [3.63, 3.8) is 0 Å². The lowest BCUT2D eigenvalue weighted by molar-refractivity contribution is -0.140. The van der Waals surface area contributed by atoms with Gasteiger partial charge in [-0.05, 0) is 60.0 Å². The smallest absolute Gasteiger partial charge is 0.242 e. The molecule has 196 valence electrons. The van der Waals surface area contributed by atoms with Crippen LogP contribution >= 0.6 is 0 Å². The number of hydrogen-bond acceptors (Lipinski definition) is 6. The van der Waals surface area contributed by atoms with Gasteiger partial charge in [0.15, 0.2) is 11.5 Å². The largest absolute Gasteiger partial charge is 0.497 e. The fourth-order valence-electron chi connectivity index (χ4n) is 3.86. The molecule has 0 aliphatic heterocycles. The minimum absolute atomic E-state index is 0.104. The second-order valence-electron chi connectivity index (χ2n) is 8.48. The van der Waals surface area contributed by atoms with Gasteiger partial charge in [0.1, 0.15) is 17.5 Å². The second kappa shape index (κ2) is 13.2. The minimum Gasteiger partial charge on any atom is -0.497 e. The third-order valence-electron chi connectivity index (χ3n) is 6.11. The van der Waals surface area contributed by atoms with Gasteiger partial charge in [0.2, 0.25) is 11.8 Å². The summed E-state index contributed by atoms with van der Waals surface area (Å²) >= 11 is 0. The van der Waals surface area contributed by atoms with Crippen LogP contribution in [0.15, 0.2) is 66.7 Å². The van der Waals surface area contributed by atoms with E-state index in [0.717, 1.165) is 28.2 Å². The Morgan fingerprint density at radius 2 is 1.27 bits per heavy atom. The lowest BCUT2D eigenvalue weighted by atomic mass is 10.1. The van der Waals surface area contributed by atoms with Crippen LogP contribution < -0.4 is 24.3 Å². The summed E-state index contributed by atoms with van der Waals surface area (Å²) < 4.78 is 21.1. The molecule has 0 heterocycles. The number of carbonyl (C=O) groups is 2. The Hall–Kier alpha value is -4.20. The molecule has 0 aliphatic rings. The maximum atomic E-state index is 13.5. The van der Waals surface area contributed by atoms with Crippen molar-refractivity contribution in [2.24, 2.45) is 0 Å². The van der Waals surface area contributed by atoms with Crippen molar-refractivity contribution in [1.29, 1.82) is 0 Å². The van der Waals surface area contributed by atoms with Crippen molar-refractivity contribution < 1.29 is 28.5 Å². The first-order valence-corrected chi connectivity index (χ1v) is 11.9. The molecule has 1 N–H and O–H groups in total. The molecule has 37 heavy (non-hydrogen) atoms. The van der Waals surface area contributed by atoms with Crippen molar-refractivity contribution >= 4 is 11.8 Å². The molecule has 0 fully saturated rings. The number of carbonyl (C=O) groups excluding carboxylic acids is 2. The highest BCUT2D eigenvalue weighted by atomic mass is 16.5. The van der Waals surface area contributed by atoms with E-state index in [9.17, 15) is 9.59 Å². The maximum absolute atomic E-state index is 13.5. The highest BCUT2D eigenvalue weighted by molar-refractivity contribution is 5.88. The van der Waals surface area contributed by atoms with E-state index >= 15 is 0 Å². The summed E-state index contributed by atoms with van der Waals surface area (Å²) in [4.78, 5) is 28.2. The Labute approximate surface area is 218 Å². The zero-order valence-corrected chi connectivity index (χ0v) is 21.9. The van der Waals surface area contributed by atoms with Crippen molar-refractivity contribution in [3.05, 3.63) is 83.4 Å². The molecule has 1 atom stereocenters. The van der Waals surface area contributed by atoms with Gasteiger partial charge >= 0.3 is 0 Å². The quantitative estimate of drug-likeness (QED) is 0.400. The topological polar surface area (TPSA) is 86.3 Å². The first kappa shape index (κ1) is 27.4. The van der Waals surface area contributed by atoms with Gasteiger partial charge in [0.25, 0.3) is 0 Å². The number of benzene rings is 3. The summed E-state index contributed by atoms with van der Waals surface area (Å²) in [7, 11) is 6.32. The van der Waals surface area contributed by atoms with Crippen LogP contribution in [-0.2, 0) is 29.1 Å². The summed E-state index contributed by atoms with van der Waals surface area (Å²) in [6.45, 7) is 2.35. The Kier molecular flexibility index (Phi) is 9.77. The number of ether oxygens (including phenoxy) is 4. The molecule has 0 radical (unpaired) electrons. The molecule has 3 aromatic rings. The standard InChI is InChI=1S/C29H34N2O6/c1-20(29(33)30-18-21-6-11-24(34-2)12-7-21)31(19-22-8-13-25(35-3)14-9-22)28(32)17-23-10-15-26(36-4)27(16-23)37-5/h6-16,20H,17-19H2,1-5H3,(H,30,33). The van der Waals surface area contributed by atoms with Gasteiger partial charge in [-0.2, -0.15) is 0 Å². The average molecular weight is 507 g/mol. The van der Waals surface area contributed by atoms with E-state index < -0.39 is 6.04 Å². The van der Waals surface area contributed by atoms with Crippen LogP contribution in [0.2, 0.25) is 0 Å². The predicted octanol–water partition coefficient (Wildman–Crippen LogP) is 4.00. The van der Waals surface area contributed by atoms with E-state index in [0.29, 0.717) is 18.0 Å². The van der Waals surface area contributed by atoms with Crippen LogP contribution in [-0.4, -0.2) is 51.2 Å². The van der Waals surface area contributed by atoms with Gasteiger partial charge in [-0.25, -0.2) is 0 Å². The minimum atomic E-state index is -0.701. The zero-order valence-electron chi connectivity index (χ0n) is 21.9. The maximum Gasteiger partial charge on any atom is 0.242 e. The number of amides is 2. The Morgan fingerprint density at radius 3 is 1.81 bits per heavy atom. The molecule has 0 spiro atoms. The Balaban J connectivity index is 1.77. The molecule has 8 heteroatoms. The van der Waals surface area contributed by atoms with E-state index in [1.807, 2.05) is 54.6 Å². The first-order valence-electron chi connectivity index (χ1n) is 11.9. The summed E-state index contributed by atoms with van der Waals surface area (Å²) in [6.07, 6.45) is 0.104. The first-order chi connectivity index (χ1) is 17.9. The SMILES string of the molecule is COc1ccc(CNC(=O)C(C)N(Cc2ccc(OC)cc2)C(=O)Cc2ccc(OC)c(OC)c2)cc1. The van der Waals surface area contributed by atoms with Gasteiger partial charge in [-0.15, -0.1) is 0 Å². The third kappa shape index (κ3) is 7.39. The zero-order chi connectivity index (χ0) is 26.8. The van der Waals surface area contributed by atoms with E-state index in [1.165, 1.54) is 0 Å². The molecule has 8 nitrogen and oxygen atoms in total. The van der Waals surface area contributed by atoms with E-state index in [1.54, 1.807) is 52.4 Å². The van der Waals surface area contributed by atoms with E-state index in [4.69, 9.17) is 18.9 Å². The van der Waals surface area contributed by atoms with Crippen molar-refractivity contribution in [2.45, 2.75) is 32.5 Å². The van der Waals surface area contributed by atoms with Gasteiger partial charge in [0.05, 0.1) is 34.9 Å². The number of nitrogens with one attached hydrogen (secondary N) is 1. The highest BCUT2D eigenvalue weighted by Crippen LogP contribution is 2.28. The molecule has 0 saturated heterocycles. The summed E-state index contributed by atoms with van der Waals surface area (Å²) in [5, 5.41) is 2.94. The number of nitrogens with zero attached hydrogens (tertiary/aromatic N) is 1. The molecular weight excluding hydrogens is 472 g/mol. The van der Waals surface area contributed by atoms with Gasteiger partial charge in [0, 0.05) is 13.1 Å². The lowest BCUT2D eigenvalue weighted by Gasteiger charge is -2.29. The summed E-state index contributed by atoms with van der Waals surface area (Å²) in [5.41, 5.74) is 2.57. The lowest BCUT2D eigenvalue weighted by Crippen LogP contribution is -2.48. The monoisotopic (exact) mass is 506 g/mol. The van der Waals surface area contributed by atoms with Crippen LogP contribution in [0.4, 0.5) is 0 Å². The summed E-state index contributed by atoms with van der Waals surface area (Å²) in [5.74, 6) is 2.16. The molecule has 2 amide bonds. The fraction of sp³-hybridized carbons (Fsp3) is 0.310. The molecule has 3 aromatic carbocycles. The van der Waals surface area contributed by atoms with Crippen LogP contribution in [0, 0.1) is 0 Å². The molecule has 0 bridgehead atoms. The number of rotatable bonds is 12. The van der Waals surface area contributed by atoms with Crippen LogP contribution in [0.5, 0.6) is 23.0 Å². The Morgan fingerprint density at radius 1 is 0.730 bits per heavy atom. The van der Waals surface area contributed by atoms with Crippen LogP contribution in [0.1, 0.15) is 23.6 Å². The Bertz CT molecular complexity index is 1180. The van der Waals surface area contributed by atoms with E-state index in [-0.39, 0.29) is 24.8 Å². The van der Waals surface area contributed by atoms with Gasteiger partial charge in [-0.1, -0.05) is 30.3 Å². The third-order valence-corrected chi connectivity index (χ3v) is 6.11. The molecule has 0 saturated carbocycles. The number of hydrogen-bond donors (Lipinski definition) is 1. The van der Waals surface area contributed by atoms with Gasteiger partial charge in [-0.3, -0.25) is 9.59 Å². The number of methoxy groups -OCH3 is 4. The average Bonchev–Trinajstić information content (AvgIpc) is 2.94. The van der Waals surface area contributed by atoms with Crippen molar-refractivity contribution in [2.75, 3.05) is 28.4 Å². The van der Waals surface area contributed by atoms with Gasteiger partial charge < -0.3 is 29.2 Å². The highest BCUT2D eigenvalue weighted by Gasteiger charge is 2.26. The van der Waals surface area contributed by atoms with Crippen LogP contribution in [0.3, 0.4) is 0 Å². The second-order valence-corrected chi connectivity index (χ2v) is 8.48. The molecule has 0 aliphatic carbocycles. The van der Waals surface area contributed by atoms with E-state index in [2.05, 4.69) is 5.32 Å². The summed E-state index contributed by atoms with van der Waals surface area (Å²) in [6, 6.07) is 19.6. The fourth-order valence-corrected chi connectivity index (χ4v) is 3.86. The van der Waals surface area contributed by atoms with Crippen molar-refractivity contribution in [3.8, 4) is 23.0 Å². The molecule has 1 unspecified atom stereocenters.